The van der Waals surface area contributed by atoms with Crippen LogP contribution in [0.1, 0.15) is 22.3 Å². The van der Waals surface area contributed by atoms with Crippen LogP contribution in [0.4, 0.5) is 10.1 Å². The van der Waals surface area contributed by atoms with Gasteiger partial charge in [0.05, 0.1) is 11.6 Å². The van der Waals surface area contributed by atoms with Crippen molar-refractivity contribution in [3.05, 3.63) is 89.7 Å². The van der Waals surface area contributed by atoms with Crippen molar-refractivity contribution in [3.63, 3.8) is 0 Å². The van der Waals surface area contributed by atoms with Gasteiger partial charge in [-0.25, -0.2) is 4.39 Å². The van der Waals surface area contributed by atoms with E-state index in [1.54, 1.807) is 18.2 Å². The molecule has 0 aromatic heterocycles. The topological polar surface area (TPSA) is 47.3 Å². The molecule has 0 unspecified atom stereocenters. The highest BCUT2D eigenvalue weighted by atomic mass is 19.1. The van der Waals surface area contributed by atoms with Crippen LogP contribution in [0.3, 0.4) is 0 Å². The number of hydrogen-bond acceptors (Lipinski definition) is 3. The lowest BCUT2D eigenvalue weighted by Gasteiger charge is -2.24. The van der Waals surface area contributed by atoms with Gasteiger partial charge >= 0.3 is 0 Å². The van der Waals surface area contributed by atoms with Crippen molar-refractivity contribution >= 4 is 11.6 Å². The van der Waals surface area contributed by atoms with Gasteiger partial charge in [-0.1, -0.05) is 36.4 Å². The van der Waals surface area contributed by atoms with Gasteiger partial charge in [-0.3, -0.25) is 4.79 Å². The van der Waals surface area contributed by atoms with Crippen LogP contribution in [0.15, 0.2) is 72.8 Å². The van der Waals surface area contributed by atoms with Gasteiger partial charge in [0.1, 0.15) is 5.82 Å². The first-order valence-electron chi connectivity index (χ1n) is 10.1. The summed E-state index contributed by atoms with van der Waals surface area (Å²) < 4.78 is 13.2. The van der Waals surface area contributed by atoms with Crippen LogP contribution >= 0.6 is 0 Å². The van der Waals surface area contributed by atoms with Crippen molar-refractivity contribution in [2.75, 3.05) is 31.1 Å². The van der Waals surface area contributed by atoms with E-state index >= 15 is 0 Å². The molecule has 5 heteroatoms. The molecule has 1 heterocycles. The largest absolute Gasteiger partial charge is 0.370 e. The number of nitriles is 1. The fourth-order valence-electron chi connectivity index (χ4n) is 3.92. The molecule has 3 aromatic carbocycles. The maximum Gasteiger partial charge on any atom is 0.254 e. The van der Waals surface area contributed by atoms with E-state index in [4.69, 9.17) is 0 Å². The van der Waals surface area contributed by atoms with E-state index in [2.05, 4.69) is 11.0 Å². The number of benzene rings is 3. The van der Waals surface area contributed by atoms with Gasteiger partial charge in [-0.15, -0.1) is 0 Å². The number of carbonyl (C=O) groups is 1. The molecule has 3 aromatic rings. The zero-order valence-corrected chi connectivity index (χ0v) is 16.6. The Bertz CT molecular complexity index is 1090. The highest BCUT2D eigenvalue weighted by Crippen LogP contribution is 2.28. The van der Waals surface area contributed by atoms with E-state index in [-0.39, 0.29) is 11.7 Å². The second-order valence-corrected chi connectivity index (χ2v) is 7.31. The number of carbonyl (C=O) groups excluding carboxylic acids is 1. The Morgan fingerprint density at radius 1 is 0.833 bits per heavy atom. The summed E-state index contributed by atoms with van der Waals surface area (Å²) in [6.45, 7) is 2.75. The number of amides is 1. The number of hydrogen-bond donors (Lipinski definition) is 0. The summed E-state index contributed by atoms with van der Waals surface area (Å²) in [5.74, 6) is -0.279. The first-order valence-corrected chi connectivity index (χ1v) is 10.1. The van der Waals surface area contributed by atoms with Gasteiger partial charge < -0.3 is 9.80 Å². The van der Waals surface area contributed by atoms with Crippen LogP contribution in [-0.4, -0.2) is 37.0 Å². The average Bonchev–Trinajstić information content (AvgIpc) is 3.05. The molecule has 0 bridgehead atoms. The molecule has 0 atom stereocenters. The quantitative estimate of drug-likeness (QED) is 0.640. The summed E-state index contributed by atoms with van der Waals surface area (Å²) in [5.41, 5.74) is 3.67. The maximum absolute atomic E-state index is 13.4. The highest BCUT2D eigenvalue weighted by molar-refractivity contribution is 6.01. The zero-order valence-electron chi connectivity index (χ0n) is 16.6. The Morgan fingerprint density at radius 2 is 1.53 bits per heavy atom. The first kappa shape index (κ1) is 19.7. The molecule has 0 spiro atoms. The van der Waals surface area contributed by atoms with E-state index in [0.717, 1.165) is 29.8 Å². The lowest BCUT2D eigenvalue weighted by Crippen LogP contribution is -2.35. The summed E-state index contributed by atoms with van der Waals surface area (Å²) in [7, 11) is 0. The molecule has 0 N–H and O–H groups in total. The van der Waals surface area contributed by atoms with Gasteiger partial charge in [0.2, 0.25) is 0 Å². The SMILES string of the molecule is N#Cc1ccccc1-c1ccccc1C(=O)N1CCCN(c2ccc(F)cc2)CC1. The normalized spacial score (nSPS) is 14.1. The van der Waals surface area contributed by atoms with Crippen LogP contribution in [0, 0.1) is 17.1 Å². The summed E-state index contributed by atoms with van der Waals surface area (Å²) in [4.78, 5) is 17.5. The molecule has 30 heavy (non-hydrogen) atoms. The van der Waals surface area contributed by atoms with Gasteiger partial charge in [0.25, 0.3) is 5.91 Å². The number of halogens is 1. The molecule has 0 radical (unpaired) electrons. The molecule has 1 aliphatic rings. The number of nitrogens with zero attached hydrogens (tertiary/aromatic N) is 3. The van der Waals surface area contributed by atoms with Gasteiger partial charge in [-0.2, -0.15) is 5.26 Å². The van der Waals surface area contributed by atoms with Crippen molar-refractivity contribution in [1.82, 2.24) is 4.90 Å². The third kappa shape index (κ3) is 4.04. The fourth-order valence-corrected chi connectivity index (χ4v) is 3.92. The molecule has 150 valence electrons. The van der Waals surface area contributed by atoms with Gasteiger partial charge in [0.15, 0.2) is 0 Å². The first-order chi connectivity index (χ1) is 14.7. The lowest BCUT2D eigenvalue weighted by molar-refractivity contribution is 0.0768. The summed E-state index contributed by atoms with van der Waals surface area (Å²) >= 11 is 0. The molecule has 4 nitrogen and oxygen atoms in total. The highest BCUT2D eigenvalue weighted by Gasteiger charge is 2.23. The van der Waals surface area contributed by atoms with Crippen molar-refractivity contribution < 1.29 is 9.18 Å². The predicted octanol–water partition coefficient (Wildman–Crippen LogP) is 4.72. The number of anilines is 1. The molecule has 4 rings (SSSR count). The Labute approximate surface area is 175 Å². The second-order valence-electron chi connectivity index (χ2n) is 7.31. The van der Waals surface area contributed by atoms with Crippen molar-refractivity contribution in [2.24, 2.45) is 0 Å². The van der Waals surface area contributed by atoms with E-state index < -0.39 is 0 Å². The van der Waals surface area contributed by atoms with Crippen molar-refractivity contribution in [1.29, 1.82) is 5.26 Å². The standard InChI is InChI=1S/C25H22FN3O/c26-20-10-12-21(13-11-20)28-14-5-15-29(17-16-28)25(30)24-9-4-3-8-23(24)22-7-2-1-6-19(22)18-27/h1-4,6-13H,5,14-17H2. The minimum absolute atomic E-state index is 0.0284. The Balaban J connectivity index is 1.57. The predicted molar refractivity (Wildman–Crippen MR) is 116 cm³/mol. The summed E-state index contributed by atoms with van der Waals surface area (Å²) in [5, 5.41) is 9.48. The van der Waals surface area contributed by atoms with E-state index in [1.165, 1.54) is 12.1 Å². The van der Waals surface area contributed by atoms with Crippen LogP contribution in [0.25, 0.3) is 11.1 Å². The van der Waals surface area contributed by atoms with Gasteiger partial charge in [0, 0.05) is 43.0 Å². The van der Waals surface area contributed by atoms with Crippen LogP contribution < -0.4 is 4.90 Å². The van der Waals surface area contributed by atoms with Gasteiger partial charge in [-0.05, 0) is 48.4 Å². The third-order valence-corrected chi connectivity index (χ3v) is 5.47. The molecule has 1 aliphatic heterocycles. The Morgan fingerprint density at radius 3 is 2.30 bits per heavy atom. The summed E-state index contributed by atoms with van der Waals surface area (Å²) in [6.07, 6.45) is 0.833. The second kappa shape index (κ2) is 8.79. The monoisotopic (exact) mass is 399 g/mol. The molecule has 1 amide bonds. The molecule has 0 saturated carbocycles. The smallest absolute Gasteiger partial charge is 0.254 e. The van der Waals surface area contributed by atoms with Crippen LogP contribution in [0.2, 0.25) is 0 Å². The Kier molecular flexibility index (Phi) is 5.76. The van der Waals surface area contributed by atoms with E-state index in [1.807, 2.05) is 47.4 Å². The maximum atomic E-state index is 13.4. The molecular weight excluding hydrogens is 377 g/mol. The fraction of sp³-hybridized carbons (Fsp3) is 0.200. The van der Waals surface area contributed by atoms with Crippen LogP contribution in [-0.2, 0) is 0 Å². The molecule has 0 aliphatic carbocycles. The number of rotatable bonds is 3. The lowest BCUT2D eigenvalue weighted by atomic mass is 9.95. The molecule has 1 fully saturated rings. The Hall–Kier alpha value is -3.65. The summed E-state index contributed by atoms with van der Waals surface area (Å²) in [6, 6.07) is 23.5. The molecule has 1 saturated heterocycles. The molecular formula is C25H22FN3O. The van der Waals surface area contributed by atoms with E-state index in [0.29, 0.717) is 30.8 Å². The average molecular weight is 399 g/mol. The van der Waals surface area contributed by atoms with Crippen molar-refractivity contribution in [2.45, 2.75) is 6.42 Å². The minimum Gasteiger partial charge on any atom is -0.370 e. The van der Waals surface area contributed by atoms with E-state index in [9.17, 15) is 14.4 Å². The third-order valence-electron chi connectivity index (χ3n) is 5.47. The minimum atomic E-state index is -0.250. The van der Waals surface area contributed by atoms with Crippen molar-refractivity contribution in [3.8, 4) is 17.2 Å². The van der Waals surface area contributed by atoms with Crippen LogP contribution in [0.5, 0.6) is 0 Å². The zero-order chi connectivity index (χ0) is 20.9.